The first kappa shape index (κ1) is 17.7. The largest absolute Gasteiger partial charge is 0.477 e. The Morgan fingerprint density at radius 3 is 2.87 bits per heavy atom. The monoisotopic (exact) mass is 320 g/mol. The zero-order valence-electron chi connectivity index (χ0n) is 14.2. The van der Waals surface area contributed by atoms with Crippen LogP contribution in [-0.2, 0) is 16.1 Å². The number of ether oxygens (including phenoxy) is 2. The third kappa shape index (κ3) is 5.50. The van der Waals surface area contributed by atoms with E-state index in [1.54, 1.807) is 6.20 Å². The molecule has 1 heterocycles. The molecule has 1 aromatic rings. The number of pyridine rings is 1. The van der Waals surface area contributed by atoms with Crippen LogP contribution in [-0.4, -0.2) is 29.7 Å². The van der Waals surface area contributed by atoms with Gasteiger partial charge in [0.25, 0.3) is 0 Å². The van der Waals surface area contributed by atoms with Crippen LogP contribution in [0.2, 0.25) is 0 Å². The molecule has 1 saturated carbocycles. The molecule has 5 heteroatoms. The second kappa shape index (κ2) is 9.50. The Bertz CT molecular complexity index is 487. The van der Waals surface area contributed by atoms with Crippen LogP contribution in [0.25, 0.3) is 0 Å². The minimum Gasteiger partial charge on any atom is -0.477 e. The summed E-state index contributed by atoms with van der Waals surface area (Å²) in [5.74, 6) is 0.545. The third-order valence-corrected chi connectivity index (χ3v) is 4.07. The predicted molar refractivity (Wildman–Crippen MR) is 89.3 cm³/mol. The molecule has 1 amide bonds. The Morgan fingerprint density at radius 2 is 2.17 bits per heavy atom. The summed E-state index contributed by atoms with van der Waals surface area (Å²) in [4.78, 5) is 16.6. The molecule has 0 aromatic carbocycles. The van der Waals surface area contributed by atoms with Crippen molar-refractivity contribution in [3.8, 4) is 5.88 Å². The van der Waals surface area contributed by atoms with Crippen molar-refractivity contribution < 1.29 is 14.3 Å². The molecule has 1 unspecified atom stereocenters. The van der Waals surface area contributed by atoms with E-state index >= 15 is 0 Å². The number of hydrogen-bond donors (Lipinski definition) is 1. The van der Waals surface area contributed by atoms with E-state index in [4.69, 9.17) is 9.47 Å². The molecule has 1 aliphatic rings. The van der Waals surface area contributed by atoms with E-state index in [0.29, 0.717) is 25.5 Å². The summed E-state index contributed by atoms with van der Waals surface area (Å²) in [5, 5.41) is 2.96. The number of hydrogen-bond acceptors (Lipinski definition) is 4. The smallest absolute Gasteiger partial charge is 0.249 e. The molecule has 0 bridgehead atoms. The number of carbonyl (C=O) groups excluding carboxylic acids is 1. The van der Waals surface area contributed by atoms with Crippen LogP contribution in [0.1, 0.15) is 57.9 Å². The predicted octanol–water partition coefficient (Wildman–Crippen LogP) is 3.22. The van der Waals surface area contributed by atoms with Gasteiger partial charge in [0.15, 0.2) is 0 Å². The van der Waals surface area contributed by atoms with Gasteiger partial charge in [-0.15, -0.1) is 0 Å². The van der Waals surface area contributed by atoms with Gasteiger partial charge in [0.05, 0.1) is 12.7 Å². The molecule has 1 atom stereocenters. The van der Waals surface area contributed by atoms with Crippen molar-refractivity contribution in [3.63, 3.8) is 0 Å². The van der Waals surface area contributed by atoms with Crippen molar-refractivity contribution in [2.24, 2.45) is 0 Å². The van der Waals surface area contributed by atoms with Crippen molar-refractivity contribution in [3.05, 3.63) is 23.9 Å². The van der Waals surface area contributed by atoms with E-state index in [2.05, 4.69) is 17.2 Å². The van der Waals surface area contributed by atoms with E-state index < -0.39 is 0 Å². The molecule has 128 valence electrons. The normalized spacial score (nSPS) is 16.3. The molecule has 23 heavy (non-hydrogen) atoms. The first-order valence-electron chi connectivity index (χ1n) is 8.74. The highest BCUT2D eigenvalue weighted by molar-refractivity contribution is 5.80. The molecule has 0 radical (unpaired) electrons. The van der Waals surface area contributed by atoms with Gasteiger partial charge in [-0.25, -0.2) is 4.98 Å². The first-order chi connectivity index (χ1) is 11.2. The minimum absolute atomic E-state index is 0.0512. The quantitative estimate of drug-likeness (QED) is 0.759. The van der Waals surface area contributed by atoms with Crippen molar-refractivity contribution >= 4 is 5.91 Å². The maximum Gasteiger partial charge on any atom is 0.249 e. The molecule has 5 nitrogen and oxygen atoms in total. The van der Waals surface area contributed by atoms with Gasteiger partial charge >= 0.3 is 0 Å². The van der Waals surface area contributed by atoms with E-state index in [1.165, 1.54) is 12.8 Å². The lowest BCUT2D eigenvalue weighted by Gasteiger charge is -2.20. The highest BCUT2D eigenvalue weighted by atomic mass is 16.5. The average molecular weight is 320 g/mol. The summed E-state index contributed by atoms with van der Waals surface area (Å²) >= 11 is 0. The molecule has 0 spiro atoms. The fourth-order valence-electron chi connectivity index (χ4n) is 2.78. The number of nitrogens with zero attached hydrogens (tertiary/aromatic N) is 1. The maximum atomic E-state index is 12.4. The Morgan fingerprint density at radius 1 is 1.39 bits per heavy atom. The average Bonchev–Trinajstić information content (AvgIpc) is 3.09. The second-order valence-electron chi connectivity index (χ2n) is 5.97. The standard InChI is InChI=1S/C18H28N2O3/c1-3-12-22-18-14(8-7-11-19-18)13-20-17(21)16(4-2)23-15-9-5-6-10-15/h7-8,11,15-16H,3-6,9-10,12-13H2,1-2H3,(H,20,21). The van der Waals surface area contributed by atoms with Gasteiger partial charge in [-0.05, 0) is 31.7 Å². The van der Waals surface area contributed by atoms with Crippen LogP contribution in [0.5, 0.6) is 5.88 Å². The van der Waals surface area contributed by atoms with Gasteiger partial charge in [-0.2, -0.15) is 0 Å². The van der Waals surface area contributed by atoms with Gasteiger partial charge < -0.3 is 14.8 Å². The van der Waals surface area contributed by atoms with Crippen molar-refractivity contribution in [1.82, 2.24) is 10.3 Å². The molecular weight excluding hydrogens is 292 g/mol. The molecule has 0 saturated heterocycles. The van der Waals surface area contributed by atoms with E-state index in [1.807, 2.05) is 19.1 Å². The van der Waals surface area contributed by atoms with Gasteiger partial charge in [-0.3, -0.25) is 4.79 Å². The number of nitrogens with one attached hydrogen (secondary N) is 1. The molecular formula is C18H28N2O3. The number of amides is 1. The highest BCUT2D eigenvalue weighted by Crippen LogP contribution is 2.23. The van der Waals surface area contributed by atoms with Gasteiger partial charge in [-0.1, -0.05) is 32.8 Å². The van der Waals surface area contributed by atoms with Gasteiger partial charge in [0.1, 0.15) is 6.10 Å². The van der Waals surface area contributed by atoms with E-state index in [-0.39, 0.29) is 18.1 Å². The summed E-state index contributed by atoms with van der Waals surface area (Å²) in [6.07, 6.45) is 7.75. The lowest BCUT2D eigenvalue weighted by atomic mass is 10.2. The molecule has 1 aromatic heterocycles. The van der Waals surface area contributed by atoms with Gasteiger partial charge in [0.2, 0.25) is 11.8 Å². The Hall–Kier alpha value is -1.62. The number of rotatable bonds is 9. The molecule has 2 rings (SSSR count). The van der Waals surface area contributed by atoms with E-state index in [0.717, 1.165) is 24.8 Å². The van der Waals surface area contributed by atoms with Crippen molar-refractivity contribution in [1.29, 1.82) is 0 Å². The maximum absolute atomic E-state index is 12.4. The summed E-state index contributed by atoms with van der Waals surface area (Å²) < 4.78 is 11.6. The topological polar surface area (TPSA) is 60.5 Å². The minimum atomic E-state index is -0.366. The lowest BCUT2D eigenvalue weighted by molar-refractivity contribution is -0.137. The summed E-state index contributed by atoms with van der Waals surface area (Å²) in [5.41, 5.74) is 0.894. The third-order valence-electron chi connectivity index (χ3n) is 4.07. The van der Waals surface area contributed by atoms with Crippen LogP contribution >= 0.6 is 0 Å². The summed E-state index contributed by atoms with van der Waals surface area (Å²) in [6.45, 7) is 5.08. The van der Waals surface area contributed by atoms with Crippen LogP contribution in [0.3, 0.4) is 0 Å². The first-order valence-corrected chi connectivity index (χ1v) is 8.74. The zero-order chi connectivity index (χ0) is 16.5. The van der Waals surface area contributed by atoms with Crippen molar-refractivity contribution in [2.45, 2.75) is 71.1 Å². The number of carbonyl (C=O) groups is 1. The van der Waals surface area contributed by atoms with E-state index in [9.17, 15) is 4.79 Å². The Kier molecular flexibility index (Phi) is 7.33. The summed E-state index contributed by atoms with van der Waals surface area (Å²) in [7, 11) is 0. The van der Waals surface area contributed by atoms with Crippen LogP contribution < -0.4 is 10.1 Å². The lowest BCUT2D eigenvalue weighted by Crippen LogP contribution is -2.37. The van der Waals surface area contributed by atoms with Crippen LogP contribution in [0.4, 0.5) is 0 Å². The Labute approximate surface area is 138 Å². The fraction of sp³-hybridized carbons (Fsp3) is 0.667. The Balaban J connectivity index is 1.87. The van der Waals surface area contributed by atoms with Crippen molar-refractivity contribution in [2.75, 3.05) is 6.61 Å². The fourth-order valence-corrected chi connectivity index (χ4v) is 2.78. The van der Waals surface area contributed by atoms with Crippen LogP contribution in [0.15, 0.2) is 18.3 Å². The molecule has 1 fully saturated rings. The number of aromatic nitrogens is 1. The zero-order valence-corrected chi connectivity index (χ0v) is 14.2. The second-order valence-corrected chi connectivity index (χ2v) is 5.97. The summed E-state index contributed by atoms with van der Waals surface area (Å²) in [6, 6.07) is 3.78. The highest BCUT2D eigenvalue weighted by Gasteiger charge is 2.24. The molecule has 0 aliphatic heterocycles. The molecule has 1 N–H and O–H groups in total. The molecule has 1 aliphatic carbocycles. The van der Waals surface area contributed by atoms with Gasteiger partial charge in [0, 0.05) is 18.3 Å². The SMILES string of the molecule is CCCOc1ncccc1CNC(=O)C(CC)OC1CCCC1. The van der Waals surface area contributed by atoms with Crippen LogP contribution in [0, 0.1) is 0 Å².